The van der Waals surface area contributed by atoms with Gasteiger partial charge in [-0.15, -0.1) is 0 Å². The first-order chi connectivity index (χ1) is 15.0. The second-order valence-corrected chi connectivity index (χ2v) is 7.80. The highest BCUT2D eigenvalue weighted by atomic mass is 16.5. The molecule has 31 heavy (non-hydrogen) atoms. The zero-order valence-corrected chi connectivity index (χ0v) is 18.3. The normalized spacial score (nSPS) is 14.3. The summed E-state index contributed by atoms with van der Waals surface area (Å²) in [5.41, 5.74) is 2.55. The zero-order chi connectivity index (χ0) is 21.8. The fourth-order valence-electron chi connectivity index (χ4n) is 3.58. The number of ether oxygens (including phenoxy) is 1. The van der Waals surface area contributed by atoms with Gasteiger partial charge >= 0.3 is 6.03 Å². The van der Waals surface area contributed by atoms with Crippen LogP contribution >= 0.6 is 0 Å². The summed E-state index contributed by atoms with van der Waals surface area (Å²) in [4.78, 5) is 25.9. The molecule has 2 N–H and O–H groups in total. The van der Waals surface area contributed by atoms with E-state index < -0.39 is 0 Å². The lowest BCUT2D eigenvalue weighted by Crippen LogP contribution is -2.37. The standard InChI is InChI=1S/C22H29N7O2/c1-23-22(30)24-17-6-4-16(5-7-17)19-25-20-18(8-9-28(20)11-10-27(2)3)21(26-19)29-12-14-31-15-13-29/h4-9H,10-15H2,1-3H3,(H2,23,24,30). The number of amides is 2. The molecule has 0 spiro atoms. The number of likely N-dealkylation sites (N-methyl/N-ethyl adjacent to an activating group) is 1. The van der Waals surface area contributed by atoms with Gasteiger partial charge < -0.3 is 29.7 Å². The lowest BCUT2D eigenvalue weighted by molar-refractivity contribution is 0.122. The maximum absolute atomic E-state index is 11.6. The number of benzene rings is 1. The van der Waals surface area contributed by atoms with Crippen molar-refractivity contribution in [1.29, 1.82) is 0 Å². The van der Waals surface area contributed by atoms with Crippen LogP contribution in [0.3, 0.4) is 0 Å². The molecule has 1 saturated heterocycles. The molecule has 3 heterocycles. The van der Waals surface area contributed by atoms with Gasteiger partial charge in [-0.25, -0.2) is 14.8 Å². The Morgan fingerprint density at radius 2 is 1.87 bits per heavy atom. The van der Waals surface area contributed by atoms with E-state index >= 15 is 0 Å². The average Bonchev–Trinajstić information content (AvgIpc) is 3.21. The van der Waals surface area contributed by atoms with E-state index in [1.165, 1.54) is 0 Å². The van der Waals surface area contributed by atoms with E-state index in [1.54, 1.807) is 7.05 Å². The number of morpholine rings is 1. The molecule has 9 heteroatoms. The van der Waals surface area contributed by atoms with Crippen LogP contribution in [-0.2, 0) is 11.3 Å². The zero-order valence-electron chi connectivity index (χ0n) is 18.3. The molecule has 0 aliphatic carbocycles. The van der Waals surface area contributed by atoms with Gasteiger partial charge in [0.05, 0.1) is 18.6 Å². The second-order valence-electron chi connectivity index (χ2n) is 7.80. The van der Waals surface area contributed by atoms with Crippen molar-refractivity contribution in [1.82, 2.24) is 24.8 Å². The van der Waals surface area contributed by atoms with Crippen LogP contribution in [0.2, 0.25) is 0 Å². The first-order valence-electron chi connectivity index (χ1n) is 10.5. The van der Waals surface area contributed by atoms with E-state index in [0.717, 1.165) is 48.6 Å². The topological polar surface area (TPSA) is 87.6 Å². The minimum atomic E-state index is -0.251. The molecule has 4 rings (SSSR count). The number of carbonyl (C=O) groups excluding carboxylic acids is 1. The molecule has 2 amide bonds. The lowest BCUT2D eigenvalue weighted by Gasteiger charge is -2.28. The van der Waals surface area contributed by atoms with Crippen molar-refractivity contribution in [3.63, 3.8) is 0 Å². The third-order valence-electron chi connectivity index (χ3n) is 5.33. The maximum atomic E-state index is 11.6. The Hall–Kier alpha value is -3.17. The number of hydrogen-bond acceptors (Lipinski definition) is 6. The summed E-state index contributed by atoms with van der Waals surface area (Å²) in [6.45, 7) is 4.79. The summed E-state index contributed by atoms with van der Waals surface area (Å²) in [6.07, 6.45) is 2.09. The van der Waals surface area contributed by atoms with Crippen LogP contribution in [0.4, 0.5) is 16.3 Å². The van der Waals surface area contributed by atoms with Crippen molar-refractivity contribution >= 4 is 28.6 Å². The lowest BCUT2D eigenvalue weighted by atomic mass is 10.2. The van der Waals surface area contributed by atoms with Gasteiger partial charge in [-0.2, -0.15) is 0 Å². The number of nitrogens with one attached hydrogen (secondary N) is 2. The number of fused-ring (bicyclic) bond motifs is 1. The molecular weight excluding hydrogens is 394 g/mol. The molecule has 1 aliphatic rings. The largest absolute Gasteiger partial charge is 0.378 e. The number of nitrogens with zero attached hydrogens (tertiary/aromatic N) is 5. The maximum Gasteiger partial charge on any atom is 0.318 e. The number of carbonyl (C=O) groups is 1. The Labute approximate surface area is 182 Å². The van der Waals surface area contributed by atoms with Gasteiger partial charge in [-0.05, 0) is 44.4 Å². The molecular formula is C22H29N7O2. The fourth-order valence-corrected chi connectivity index (χ4v) is 3.58. The van der Waals surface area contributed by atoms with E-state index in [0.29, 0.717) is 24.7 Å². The highest BCUT2D eigenvalue weighted by Gasteiger charge is 2.20. The van der Waals surface area contributed by atoms with Gasteiger partial charge in [0.2, 0.25) is 0 Å². The molecule has 164 valence electrons. The Kier molecular flexibility index (Phi) is 6.34. The van der Waals surface area contributed by atoms with Crippen molar-refractivity contribution < 1.29 is 9.53 Å². The molecule has 0 bridgehead atoms. The molecule has 0 unspecified atom stereocenters. The summed E-state index contributed by atoms with van der Waals surface area (Å²) >= 11 is 0. The summed E-state index contributed by atoms with van der Waals surface area (Å²) < 4.78 is 7.72. The average molecular weight is 424 g/mol. The van der Waals surface area contributed by atoms with Crippen LogP contribution in [0.25, 0.3) is 22.4 Å². The minimum absolute atomic E-state index is 0.251. The fraction of sp³-hybridized carbons (Fsp3) is 0.409. The van der Waals surface area contributed by atoms with Crippen LogP contribution in [0, 0.1) is 0 Å². The van der Waals surface area contributed by atoms with Crippen molar-refractivity contribution in [3.05, 3.63) is 36.5 Å². The highest BCUT2D eigenvalue weighted by molar-refractivity contribution is 5.91. The molecule has 2 aromatic heterocycles. The predicted molar refractivity (Wildman–Crippen MR) is 123 cm³/mol. The van der Waals surface area contributed by atoms with E-state index in [2.05, 4.69) is 51.4 Å². The Morgan fingerprint density at radius 3 is 2.55 bits per heavy atom. The van der Waals surface area contributed by atoms with E-state index in [9.17, 15) is 4.79 Å². The van der Waals surface area contributed by atoms with Crippen LogP contribution in [0.1, 0.15) is 0 Å². The van der Waals surface area contributed by atoms with Crippen LogP contribution < -0.4 is 15.5 Å². The number of aromatic nitrogens is 3. The molecule has 0 atom stereocenters. The summed E-state index contributed by atoms with van der Waals surface area (Å²) in [6, 6.07) is 9.44. The Bertz CT molecular complexity index is 1040. The molecule has 9 nitrogen and oxygen atoms in total. The number of anilines is 2. The van der Waals surface area contributed by atoms with Crippen molar-refractivity contribution in [2.45, 2.75) is 6.54 Å². The van der Waals surface area contributed by atoms with E-state index in [-0.39, 0.29) is 6.03 Å². The van der Waals surface area contributed by atoms with Gasteiger partial charge in [0.1, 0.15) is 11.5 Å². The second kappa shape index (κ2) is 9.32. The molecule has 3 aromatic rings. The van der Waals surface area contributed by atoms with E-state index in [4.69, 9.17) is 14.7 Å². The molecule has 0 saturated carbocycles. The van der Waals surface area contributed by atoms with Gasteiger partial charge in [0.25, 0.3) is 0 Å². The van der Waals surface area contributed by atoms with Crippen LogP contribution in [0.5, 0.6) is 0 Å². The van der Waals surface area contributed by atoms with Gasteiger partial charge in [-0.1, -0.05) is 0 Å². The summed E-state index contributed by atoms with van der Waals surface area (Å²) in [5, 5.41) is 6.38. The van der Waals surface area contributed by atoms with Crippen LogP contribution in [0.15, 0.2) is 36.5 Å². The van der Waals surface area contributed by atoms with Gasteiger partial charge in [0.15, 0.2) is 5.82 Å². The molecule has 1 aromatic carbocycles. The number of urea groups is 1. The Morgan fingerprint density at radius 1 is 1.13 bits per heavy atom. The quantitative estimate of drug-likeness (QED) is 0.632. The van der Waals surface area contributed by atoms with Crippen molar-refractivity contribution in [2.24, 2.45) is 0 Å². The predicted octanol–water partition coefficient (Wildman–Crippen LogP) is 2.25. The first-order valence-corrected chi connectivity index (χ1v) is 10.5. The van der Waals surface area contributed by atoms with Gasteiger partial charge in [-0.3, -0.25) is 0 Å². The molecule has 1 aliphatic heterocycles. The van der Waals surface area contributed by atoms with Crippen molar-refractivity contribution in [2.75, 3.05) is 64.2 Å². The SMILES string of the molecule is CNC(=O)Nc1ccc(-c2nc(N3CCOCC3)c3ccn(CCN(C)C)c3n2)cc1. The van der Waals surface area contributed by atoms with Crippen LogP contribution in [-0.4, -0.2) is 79.5 Å². The summed E-state index contributed by atoms with van der Waals surface area (Å²) in [5.74, 6) is 1.62. The number of hydrogen-bond donors (Lipinski definition) is 2. The summed E-state index contributed by atoms with van der Waals surface area (Å²) in [7, 11) is 5.73. The van der Waals surface area contributed by atoms with E-state index in [1.807, 2.05) is 24.3 Å². The molecule has 0 radical (unpaired) electrons. The number of rotatable bonds is 6. The first kappa shape index (κ1) is 21.1. The minimum Gasteiger partial charge on any atom is -0.378 e. The van der Waals surface area contributed by atoms with Gasteiger partial charge in [0, 0.05) is 50.7 Å². The van der Waals surface area contributed by atoms with Crippen molar-refractivity contribution in [3.8, 4) is 11.4 Å². The Balaban J connectivity index is 1.73. The third-order valence-corrected chi connectivity index (χ3v) is 5.33. The molecule has 1 fully saturated rings. The smallest absolute Gasteiger partial charge is 0.318 e. The monoisotopic (exact) mass is 423 g/mol. The third kappa shape index (κ3) is 4.78. The highest BCUT2D eigenvalue weighted by Crippen LogP contribution is 2.29.